The SMILES string of the molecule is Cc1ccnc(-n2c(C)cc(/C=C3\C(=O)NC(=O)N(c4ccc(F)cc4)C3=O)c2C)c1. The number of halogens is 1. The molecular weight excluding hydrogens is 399 g/mol. The lowest BCUT2D eigenvalue weighted by molar-refractivity contribution is -0.122. The van der Waals surface area contributed by atoms with Crippen LogP contribution in [0.5, 0.6) is 0 Å². The lowest BCUT2D eigenvalue weighted by Gasteiger charge is -2.26. The number of barbiturate groups is 1. The smallest absolute Gasteiger partial charge is 0.303 e. The van der Waals surface area contributed by atoms with Gasteiger partial charge in [-0.3, -0.25) is 14.9 Å². The van der Waals surface area contributed by atoms with E-state index in [0.717, 1.165) is 39.8 Å². The number of carbonyl (C=O) groups is 3. The molecule has 8 heteroatoms. The van der Waals surface area contributed by atoms with Gasteiger partial charge < -0.3 is 4.57 Å². The second-order valence-electron chi connectivity index (χ2n) is 7.29. The summed E-state index contributed by atoms with van der Waals surface area (Å²) < 4.78 is 15.2. The van der Waals surface area contributed by atoms with Gasteiger partial charge in [0, 0.05) is 17.6 Å². The molecule has 3 heterocycles. The van der Waals surface area contributed by atoms with Crippen LogP contribution in [0.4, 0.5) is 14.9 Å². The van der Waals surface area contributed by atoms with E-state index in [1.54, 1.807) is 6.20 Å². The molecule has 156 valence electrons. The van der Waals surface area contributed by atoms with Gasteiger partial charge in [0.25, 0.3) is 11.8 Å². The second-order valence-corrected chi connectivity index (χ2v) is 7.29. The Labute approximate surface area is 177 Å². The molecule has 3 aromatic rings. The van der Waals surface area contributed by atoms with Gasteiger partial charge in [-0.05, 0) is 80.4 Å². The third-order valence-corrected chi connectivity index (χ3v) is 5.09. The molecular formula is C23H19FN4O3. The van der Waals surface area contributed by atoms with Crippen LogP contribution in [0, 0.1) is 26.6 Å². The first-order valence-electron chi connectivity index (χ1n) is 9.55. The third kappa shape index (κ3) is 3.63. The average molecular weight is 418 g/mol. The minimum Gasteiger partial charge on any atom is -0.303 e. The summed E-state index contributed by atoms with van der Waals surface area (Å²) in [6, 6.07) is 9.66. The maximum Gasteiger partial charge on any atom is 0.335 e. The van der Waals surface area contributed by atoms with Gasteiger partial charge in [0.1, 0.15) is 17.2 Å². The largest absolute Gasteiger partial charge is 0.335 e. The van der Waals surface area contributed by atoms with E-state index in [1.807, 2.05) is 43.5 Å². The predicted molar refractivity (Wildman–Crippen MR) is 113 cm³/mol. The summed E-state index contributed by atoms with van der Waals surface area (Å²) in [5, 5.41) is 2.17. The molecule has 0 spiro atoms. The van der Waals surface area contributed by atoms with E-state index >= 15 is 0 Å². The van der Waals surface area contributed by atoms with E-state index in [1.165, 1.54) is 18.2 Å². The van der Waals surface area contributed by atoms with E-state index in [4.69, 9.17) is 0 Å². The third-order valence-electron chi connectivity index (χ3n) is 5.09. The van der Waals surface area contributed by atoms with Crippen molar-refractivity contribution in [3.05, 3.63) is 82.6 Å². The number of aromatic nitrogens is 2. The number of pyridine rings is 1. The number of anilines is 1. The monoisotopic (exact) mass is 418 g/mol. The number of urea groups is 1. The second kappa shape index (κ2) is 7.64. The molecule has 0 radical (unpaired) electrons. The van der Waals surface area contributed by atoms with Crippen molar-refractivity contribution in [2.24, 2.45) is 0 Å². The number of nitrogens with one attached hydrogen (secondary N) is 1. The summed E-state index contributed by atoms with van der Waals surface area (Å²) in [7, 11) is 0. The number of nitrogens with zero attached hydrogens (tertiary/aromatic N) is 3. The van der Waals surface area contributed by atoms with E-state index < -0.39 is 23.7 Å². The topological polar surface area (TPSA) is 84.3 Å². The highest BCUT2D eigenvalue weighted by Gasteiger charge is 2.37. The Bertz CT molecular complexity index is 1260. The fraction of sp³-hybridized carbons (Fsp3) is 0.130. The highest BCUT2D eigenvalue weighted by Crippen LogP contribution is 2.25. The standard InChI is InChI=1S/C23H19FN4O3/c1-13-8-9-25-20(10-13)27-14(2)11-16(15(27)3)12-19-21(29)26-23(31)28(22(19)30)18-6-4-17(24)5-7-18/h4-12H,1-3H3,(H,26,29,31)/b19-12+. The van der Waals surface area contributed by atoms with E-state index in [9.17, 15) is 18.8 Å². The zero-order valence-corrected chi connectivity index (χ0v) is 17.1. The fourth-order valence-electron chi connectivity index (χ4n) is 3.57. The molecule has 7 nitrogen and oxygen atoms in total. The van der Waals surface area contributed by atoms with Crippen LogP contribution in [0.15, 0.2) is 54.2 Å². The number of benzene rings is 1. The van der Waals surface area contributed by atoms with Gasteiger partial charge in [-0.1, -0.05) is 0 Å². The minimum atomic E-state index is -0.881. The first-order chi connectivity index (χ1) is 14.8. The zero-order valence-electron chi connectivity index (χ0n) is 17.1. The minimum absolute atomic E-state index is 0.164. The average Bonchev–Trinajstić information content (AvgIpc) is 2.99. The Kier molecular flexibility index (Phi) is 4.98. The van der Waals surface area contributed by atoms with Gasteiger partial charge in [0.05, 0.1) is 5.69 Å². The van der Waals surface area contributed by atoms with Crippen LogP contribution in [0.25, 0.3) is 11.9 Å². The van der Waals surface area contributed by atoms with Crippen molar-refractivity contribution in [1.82, 2.24) is 14.9 Å². The van der Waals surface area contributed by atoms with Gasteiger partial charge in [-0.25, -0.2) is 19.1 Å². The van der Waals surface area contributed by atoms with Crippen LogP contribution in [0.2, 0.25) is 0 Å². The Balaban J connectivity index is 1.76. The Morgan fingerprint density at radius 3 is 2.39 bits per heavy atom. The molecule has 1 saturated heterocycles. The molecule has 2 aromatic heterocycles. The molecule has 0 atom stereocenters. The number of hydrogen-bond acceptors (Lipinski definition) is 4. The number of rotatable bonds is 3. The van der Waals surface area contributed by atoms with Crippen molar-refractivity contribution in [3.63, 3.8) is 0 Å². The predicted octanol–water partition coefficient (Wildman–Crippen LogP) is 3.60. The molecule has 0 aliphatic carbocycles. The van der Waals surface area contributed by atoms with E-state index in [-0.39, 0.29) is 11.3 Å². The maximum absolute atomic E-state index is 13.2. The number of hydrogen-bond donors (Lipinski definition) is 1. The zero-order chi connectivity index (χ0) is 22.3. The fourth-order valence-corrected chi connectivity index (χ4v) is 3.57. The molecule has 0 bridgehead atoms. The van der Waals surface area contributed by atoms with Crippen molar-refractivity contribution in [3.8, 4) is 5.82 Å². The highest BCUT2D eigenvalue weighted by molar-refractivity contribution is 6.39. The van der Waals surface area contributed by atoms with Crippen LogP contribution >= 0.6 is 0 Å². The molecule has 4 rings (SSSR count). The van der Waals surface area contributed by atoms with Crippen LogP contribution in [0.3, 0.4) is 0 Å². The molecule has 4 amide bonds. The van der Waals surface area contributed by atoms with Crippen molar-refractivity contribution < 1.29 is 18.8 Å². The first kappa shape index (κ1) is 20.2. The number of imide groups is 2. The molecule has 1 aliphatic heterocycles. The number of amides is 4. The van der Waals surface area contributed by atoms with Crippen LogP contribution in [-0.4, -0.2) is 27.4 Å². The van der Waals surface area contributed by atoms with Crippen molar-refractivity contribution in [2.45, 2.75) is 20.8 Å². The Morgan fingerprint density at radius 2 is 1.71 bits per heavy atom. The summed E-state index contributed by atoms with van der Waals surface area (Å²) in [6.45, 7) is 5.72. The Morgan fingerprint density at radius 1 is 1.00 bits per heavy atom. The normalized spacial score (nSPS) is 15.5. The summed E-state index contributed by atoms with van der Waals surface area (Å²) >= 11 is 0. The van der Waals surface area contributed by atoms with Crippen LogP contribution in [0.1, 0.15) is 22.5 Å². The molecule has 0 saturated carbocycles. The molecule has 0 unspecified atom stereocenters. The van der Waals surface area contributed by atoms with Gasteiger partial charge in [0.2, 0.25) is 0 Å². The molecule has 1 fully saturated rings. The van der Waals surface area contributed by atoms with Gasteiger partial charge >= 0.3 is 6.03 Å². The van der Waals surface area contributed by atoms with E-state index in [0.29, 0.717) is 5.56 Å². The molecule has 1 N–H and O–H groups in total. The summed E-state index contributed by atoms with van der Waals surface area (Å²) in [5.74, 6) is -1.34. The molecule has 1 aromatic carbocycles. The van der Waals surface area contributed by atoms with Crippen molar-refractivity contribution in [1.29, 1.82) is 0 Å². The van der Waals surface area contributed by atoms with E-state index in [2.05, 4.69) is 10.3 Å². The van der Waals surface area contributed by atoms with Gasteiger partial charge in [-0.2, -0.15) is 0 Å². The van der Waals surface area contributed by atoms with Gasteiger partial charge in [0.15, 0.2) is 0 Å². The first-order valence-corrected chi connectivity index (χ1v) is 9.55. The van der Waals surface area contributed by atoms with Crippen molar-refractivity contribution >= 4 is 29.6 Å². The number of aryl methyl sites for hydroxylation is 2. The summed E-state index contributed by atoms with van der Waals surface area (Å²) in [6.07, 6.45) is 3.17. The Hall–Kier alpha value is -4.07. The lowest BCUT2D eigenvalue weighted by atomic mass is 10.1. The summed E-state index contributed by atoms with van der Waals surface area (Å²) in [5.41, 5.74) is 3.32. The number of carbonyl (C=O) groups excluding carboxylic acids is 3. The maximum atomic E-state index is 13.2. The lowest BCUT2D eigenvalue weighted by Crippen LogP contribution is -2.54. The quantitative estimate of drug-likeness (QED) is 0.520. The van der Waals surface area contributed by atoms with Crippen LogP contribution in [-0.2, 0) is 9.59 Å². The summed E-state index contributed by atoms with van der Waals surface area (Å²) in [4.78, 5) is 43.0. The molecule has 1 aliphatic rings. The highest BCUT2D eigenvalue weighted by atomic mass is 19.1. The van der Waals surface area contributed by atoms with Crippen molar-refractivity contribution in [2.75, 3.05) is 4.90 Å². The molecule has 31 heavy (non-hydrogen) atoms. The van der Waals surface area contributed by atoms with Crippen LogP contribution < -0.4 is 10.2 Å². The van der Waals surface area contributed by atoms with Gasteiger partial charge in [-0.15, -0.1) is 0 Å².